The quantitative estimate of drug-likeness (QED) is 0.736. The van der Waals surface area contributed by atoms with Crippen molar-refractivity contribution in [3.05, 3.63) is 71.3 Å². The second kappa shape index (κ2) is 10.3. The number of carbonyl (C=O) groups is 1. The predicted molar refractivity (Wildman–Crippen MR) is 111 cm³/mol. The van der Waals surface area contributed by atoms with E-state index in [-0.39, 0.29) is 5.91 Å². The topological polar surface area (TPSA) is 32.3 Å². The lowest BCUT2D eigenvalue weighted by Gasteiger charge is -2.33. The lowest BCUT2D eigenvalue weighted by atomic mass is 10.0. The number of piperidine rings is 1. The summed E-state index contributed by atoms with van der Waals surface area (Å²) in [7, 11) is 0. The molecule has 3 heteroatoms. The molecule has 0 aliphatic carbocycles. The maximum absolute atomic E-state index is 12.1. The smallest absolute Gasteiger partial charge is 0.220 e. The summed E-state index contributed by atoms with van der Waals surface area (Å²) in [5.41, 5.74) is 3.83. The minimum Gasteiger partial charge on any atom is -0.352 e. The highest BCUT2D eigenvalue weighted by molar-refractivity contribution is 5.75. The first-order valence-corrected chi connectivity index (χ1v) is 10.3. The van der Waals surface area contributed by atoms with Crippen molar-refractivity contribution in [3.8, 4) is 0 Å². The molecule has 1 unspecified atom stereocenters. The van der Waals surface area contributed by atoms with Crippen LogP contribution >= 0.6 is 0 Å². The summed E-state index contributed by atoms with van der Waals surface area (Å²) >= 11 is 0. The summed E-state index contributed by atoms with van der Waals surface area (Å²) in [5.74, 6) is 0.136. The van der Waals surface area contributed by atoms with E-state index in [4.69, 9.17) is 0 Å². The number of aryl methyl sites for hydroxylation is 1. The molecule has 1 heterocycles. The second-order valence-electron chi connectivity index (χ2n) is 7.75. The van der Waals surface area contributed by atoms with Crippen LogP contribution in [0.2, 0.25) is 0 Å². The van der Waals surface area contributed by atoms with E-state index in [9.17, 15) is 4.79 Å². The van der Waals surface area contributed by atoms with Crippen LogP contribution in [0.25, 0.3) is 0 Å². The fourth-order valence-corrected chi connectivity index (χ4v) is 3.78. The molecule has 2 aromatic carbocycles. The average molecular weight is 365 g/mol. The maximum atomic E-state index is 12.1. The summed E-state index contributed by atoms with van der Waals surface area (Å²) < 4.78 is 0. The standard InChI is InChI=1S/C24H32N2O/c1-20-8-5-6-17-26(20)19-23-15-13-22(14-16-23)18-25-24(27)12-7-11-21-9-3-2-4-10-21/h2-4,9-10,13-16,20H,5-8,11-12,17-19H2,1H3,(H,25,27). The van der Waals surface area contributed by atoms with Gasteiger partial charge >= 0.3 is 0 Å². The fraction of sp³-hybridized carbons (Fsp3) is 0.458. The normalized spacial score (nSPS) is 17.6. The van der Waals surface area contributed by atoms with Crippen molar-refractivity contribution in [2.75, 3.05) is 6.54 Å². The van der Waals surface area contributed by atoms with Gasteiger partial charge in [0.1, 0.15) is 0 Å². The van der Waals surface area contributed by atoms with Gasteiger partial charge in [0.2, 0.25) is 5.91 Å². The van der Waals surface area contributed by atoms with E-state index in [1.165, 1.54) is 42.5 Å². The van der Waals surface area contributed by atoms with Gasteiger partial charge in [-0.1, -0.05) is 61.0 Å². The molecular formula is C24H32N2O. The van der Waals surface area contributed by atoms with Crippen molar-refractivity contribution in [1.29, 1.82) is 0 Å². The molecule has 27 heavy (non-hydrogen) atoms. The third-order valence-corrected chi connectivity index (χ3v) is 5.55. The van der Waals surface area contributed by atoms with Crippen molar-refractivity contribution < 1.29 is 4.79 Å². The van der Waals surface area contributed by atoms with Gasteiger partial charge in [0, 0.05) is 25.6 Å². The van der Waals surface area contributed by atoms with E-state index in [0.29, 0.717) is 19.0 Å². The van der Waals surface area contributed by atoms with Crippen LogP contribution in [-0.2, 0) is 24.3 Å². The van der Waals surface area contributed by atoms with Crippen LogP contribution in [0.5, 0.6) is 0 Å². The number of hydrogen-bond acceptors (Lipinski definition) is 2. The minimum atomic E-state index is 0.136. The molecule has 1 aliphatic rings. The van der Waals surface area contributed by atoms with E-state index in [1.807, 2.05) is 18.2 Å². The number of nitrogens with zero attached hydrogens (tertiary/aromatic N) is 1. The van der Waals surface area contributed by atoms with Gasteiger partial charge < -0.3 is 5.32 Å². The second-order valence-corrected chi connectivity index (χ2v) is 7.75. The predicted octanol–water partition coefficient (Wildman–Crippen LogP) is 4.70. The molecule has 1 amide bonds. The Morgan fingerprint density at radius 1 is 1.00 bits per heavy atom. The van der Waals surface area contributed by atoms with Crippen molar-refractivity contribution in [3.63, 3.8) is 0 Å². The van der Waals surface area contributed by atoms with Gasteiger partial charge in [-0.3, -0.25) is 9.69 Å². The molecule has 3 nitrogen and oxygen atoms in total. The van der Waals surface area contributed by atoms with E-state index < -0.39 is 0 Å². The first-order chi connectivity index (χ1) is 13.2. The molecule has 3 rings (SSSR count). The lowest BCUT2D eigenvalue weighted by Crippen LogP contribution is -2.36. The molecule has 0 spiro atoms. The van der Waals surface area contributed by atoms with E-state index in [2.05, 4.69) is 53.5 Å². The van der Waals surface area contributed by atoms with Crippen molar-refractivity contribution in [2.24, 2.45) is 0 Å². The molecule has 0 aromatic heterocycles. The fourth-order valence-electron chi connectivity index (χ4n) is 3.78. The van der Waals surface area contributed by atoms with Gasteiger partial charge in [0.05, 0.1) is 0 Å². The number of hydrogen-bond donors (Lipinski definition) is 1. The average Bonchev–Trinajstić information content (AvgIpc) is 2.70. The van der Waals surface area contributed by atoms with Crippen LogP contribution in [0.3, 0.4) is 0 Å². The Bertz CT molecular complexity index is 696. The number of nitrogens with one attached hydrogen (secondary N) is 1. The highest BCUT2D eigenvalue weighted by Crippen LogP contribution is 2.19. The maximum Gasteiger partial charge on any atom is 0.220 e. The first kappa shape index (κ1) is 19.6. The third kappa shape index (κ3) is 6.51. The van der Waals surface area contributed by atoms with Gasteiger partial charge in [-0.25, -0.2) is 0 Å². The number of amides is 1. The van der Waals surface area contributed by atoms with Crippen molar-refractivity contribution in [2.45, 2.75) is 64.6 Å². The molecule has 1 atom stereocenters. The molecule has 0 bridgehead atoms. The molecule has 144 valence electrons. The Labute approximate surface area is 163 Å². The van der Waals surface area contributed by atoms with Crippen molar-refractivity contribution >= 4 is 5.91 Å². The van der Waals surface area contributed by atoms with Crippen LogP contribution in [-0.4, -0.2) is 23.4 Å². The summed E-state index contributed by atoms with van der Waals surface area (Å²) in [4.78, 5) is 14.6. The molecule has 1 N–H and O–H groups in total. The molecule has 1 aliphatic heterocycles. The summed E-state index contributed by atoms with van der Waals surface area (Å²) in [6.07, 6.45) is 6.43. The Hall–Kier alpha value is -2.13. The molecule has 0 saturated carbocycles. The molecule has 2 aromatic rings. The Kier molecular flexibility index (Phi) is 7.46. The highest BCUT2D eigenvalue weighted by atomic mass is 16.1. The van der Waals surface area contributed by atoms with Crippen LogP contribution in [0.1, 0.15) is 55.7 Å². The molecular weight excluding hydrogens is 332 g/mol. The Morgan fingerprint density at radius 2 is 1.74 bits per heavy atom. The van der Waals surface area contributed by atoms with Crippen molar-refractivity contribution in [1.82, 2.24) is 10.2 Å². The summed E-state index contributed by atoms with van der Waals surface area (Å²) in [6, 6.07) is 19.7. The molecule has 1 fully saturated rings. The highest BCUT2D eigenvalue weighted by Gasteiger charge is 2.17. The summed E-state index contributed by atoms with van der Waals surface area (Å²) in [5, 5.41) is 3.04. The van der Waals surface area contributed by atoms with Crippen LogP contribution in [0, 0.1) is 0 Å². The number of carbonyl (C=O) groups excluding carboxylic acids is 1. The van der Waals surface area contributed by atoms with Crippen LogP contribution in [0.4, 0.5) is 0 Å². The van der Waals surface area contributed by atoms with Gasteiger partial charge in [-0.15, -0.1) is 0 Å². The van der Waals surface area contributed by atoms with Crippen LogP contribution < -0.4 is 5.32 Å². The van der Waals surface area contributed by atoms with E-state index >= 15 is 0 Å². The number of likely N-dealkylation sites (tertiary alicyclic amines) is 1. The largest absolute Gasteiger partial charge is 0.352 e. The SMILES string of the molecule is CC1CCCCN1Cc1ccc(CNC(=O)CCCc2ccccc2)cc1. The van der Waals surface area contributed by atoms with Gasteiger partial charge in [-0.2, -0.15) is 0 Å². The number of benzene rings is 2. The van der Waals surface area contributed by atoms with E-state index in [0.717, 1.165) is 19.4 Å². The number of rotatable bonds is 8. The molecule has 1 saturated heterocycles. The minimum absolute atomic E-state index is 0.136. The van der Waals surface area contributed by atoms with E-state index in [1.54, 1.807) is 0 Å². The zero-order chi connectivity index (χ0) is 18.9. The summed E-state index contributed by atoms with van der Waals surface area (Å²) in [6.45, 7) is 5.20. The lowest BCUT2D eigenvalue weighted by molar-refractivity contribution is -0.121. The Morgan fingerprint density at radius 3 is 2.48 bits per heavy atom. The Balaban J connectivity index is 1.37. The zero-order valence-corrected chi connectivity index (χ0v) is 16.5. The third-order valence-electron chi connectivity index (χ3n) is 5.55. The zero-order valence-electron chi connectivity index (χ0n) is 16.5. The van der Waals surface area contributed by atoms with Gasteiger partial charge in [-0.05, 0) is 55.8 Å². The first-order valence-electron chi connectivity index (χ1n) is 10.3. The monoisotopic (exact) mass is 364 g/mol. The van der Waals surface area contributed by atoms with Gasteiger partial charge in [0.15, 0.2) is 0 Å². The van der Waals surface area contributed by atoms with Crippen LogP contribution in [0.15, 0.2) is 54.6 Å². The molecule has 0 radical (unpaired) electrons. The van der Waals surface area contributed by atoms with Gasteiger partial charge in [0.25, 0.3) is 0 Å².